The Balaban J connectivity index is 2.46. The molecule has 1 aliphatic rings. The second-order valence-corrected chi connectivity index (χ2v) is 5.93. The van der Waals surface area contributed by atoms with E-state index in [0.29, 0.717) is 5.92 Å². The number of hydrogen-bond acceptors (Lipinski definition) is 3. The lowest BCUT2D eigenvalue weighted by atomic mass is 9.79. The molecular formula is C16H25N3O. The highest BCUT2D eigenvalue weighted by atomic mass is 16.1. The molecule has 110 valence electrons. The van der Waals surface area contributed by atoms with Gasteiger partial charge in [0.25, 0.3) is 0 Å². The number of amides is 1. The maximum absolute atomic E-state index is 12.4. The maximum Gasteiger partial charge on any atom is 0.242 e. The summed E-state index contributed by atoms with van der Waals surface area (Å²) in [4.78, 5) is 14.7. The van der Waals surface area contributed by atoms with Crippen molar-refractivity contribution in [1.82, 2.24) is 10.2 Å². The Morgan fingerprint density at radius 2 is 1.90 bits per heavy atom. The zero-order chi connectivity index (χ0) is 14.6. The van der Waals surface area contributed by atoms with E-state index in [4.69, 9.17) is 5.73 Å². The van der Waals surface area contributed by atoms with Crippen LogP contribution in [0.5, 0.6) is 0 Å². The molecule has 1 aromatic rings. The molecule has 2 rings (SSSR count). The van der Waals surface area contributed by atoms with Gasteiger partial charge in [-0.2, -0.15) is 0 Å². The minimum absolute atomic E-state index is 0.237. The molecule has 4 nitrogen and oxygen atoms in total. The number of nitrogens with one attached hydrogen (secondary N) is 1. The van der Waals surface area contributed by atoms with E-state index < -0.39 is 5.54 Å². The molecule has 3 N–H and O–H groups in total. The first-order valence-electron chi connectivity index (χ1n) is 7.38. The lowest BCUT2D eigenvalue weighted by molar-refractivity contribution is -0.133. The smallest absolute Gasteiger partial charge is 0.242 e. The van der Waals surface area contributed by atoms with Gasteiger partial charge in [0.05, 0.1) is 0 Å². The number of carbonyl (C=O) groups excluding carboxylic acids is 1. The van der Waals surface area contributed by atoms with Crippen LogP contribution in [0, 0.1) is 5.92 Å². The van der Waals surface area contributed by atoms with Gasteiger partial charge in [0.2, 0.25) is 5.91 Å². The van der Waals surface area contributed by atoms with Crippen molar-refractivity contribution in [3.63, 3.8) is 0 Å². The number of carbonyl (C=O) groups is 1. The first-order chi connectivity index (χ1) is 9.57. The normalized spacial score (nSPS) is 19.8. The van der Waals surface area contributed by atoms with E-state index in [1.165, 1.54) is 0 Å². The Bertz CT molecular complexity index is 440. The summed E-state index contributed by atoms with van der Waals surface area (Å²) in [5, 5.41) is 3.34. The van der Waals surface area contributed by atoms with Crippen molar-refractivity contribution in [3.05, 3.63) is 35.9 Å². The van der Waals surface area contributed by atoms with Crippen LogP contribution in [0.4, 0.5) is 0 Å². The van der Waals surface area contributed by atoms with Gasteiger partial charge in [-0.15, -0.1) is 0 Å². The van der Waals surface area contributed by atoms with Crippen LogP contribution in [0.1, 0.15) is 25.8 Å². The lowest BCUT2D eigenvalue weighted by Gasteiger charge is -2.45. The van der Waals surface area contributed by atoms with E-state index >= 15 is 0 Å². The van der Waals surface area contributed by atoms with Crippen molar-refractivity contribution in [2.45, 2.75) is 25.8 Å². The van der Waals surface area contributed by atoms with Gasteiger partial charge >= 0.3 is 0 Å². The molecule has 1 amide bonds. The molecule has 0 spiro atoms. The third-order valence-electron chi connectivity index (χ3n) is 4.02. The molecule has 0 bridgehead atoms. The standard InChI is InChI=1S/C16H25N3O/c1-13(2)12-16(15(17)20,14-6-4-3-5-7-14)19-10-8-18-9-11-19/h3-7,13,18H,8-12H2,1-2H3,(H2,17,20). The highest BCUT2D eigenvalue weighted by Crippen LogP contribution is 2.35. The van der Waals surface area contributed by atoms with Crippen LogP contribution in [0.25, 0.3) is 0 Å². The summed E-state index contributed by atoms with van der Waals surface area (Å²) in [7, 11) is 0. The lowest BCUT2D eigenvalue weighted by Crippen LogP contribution is -2.60. The topological polar surface area (TPSA) is 58.4 Å². The highest BCUT2D eigenvalue weighted by Gasteiger charge is 2.44. The van der Waals surface area contributed by atoms with Gasteiger partial charge in [0.15, 0.2) is 0 Å². The number of benzene rings is 1. The second-order valence-electron chi connectivity index (χ2n) is 5.93. The molecule has 1 aliphatic heterocycles. The second kappa shape index (κ2) is 6.37. The fraction of sp³-hybridized carbons (Fsp3) is 0.562. The van der Waals surface area contributed by atoms with Crippen molar-refractivity contribution in [3.8, 4) is 0 Å². The van der Waals surface area contributed by atoms with Crippen molar-refractivity contribution in [1.29, 1.82) is 0 Å². The molecule has 0 radical (unpaired) electrons. The fourth-order valence-electron chi connectivity index (χ4n) is 3.18. The van der Waals surface area contributed by atoms with Crippen LogP contribution in [0.2, 0.25) is 0 Å². The largest absolute Gasteiger partial charge is 0.368 e. The Kier molecular flexibility index (Phi) is 4.78. The summed E-state index contributed by atoms with van der Waals surface area (Å²) < 4.78 is 0. The van der Waals surface area contributed by atoms with E-state index in [9.17, 15) is 4.79 Å². The molecule has 4 heteroatoms. The van der Waals surface area contributed by atoms with E-state index in [2.05, 4.69) is 24.1 Å². The van der Waals surface area contributed by atoms with Gasteiger partial charge in [0.1, 0.15) is 5.54 Å². The van der Waals surface area contributed by atoms with Gasteiger partial charge in [-0.3, -0.25) is 9.69 Å². The molecular weight excluding hydrogens is 250 g/mol. The molecule has 0 aliphatic carbocycles. The summed E-state index contributed by atoms with van der Waals surface area (Å²) in [5.74, 6) is 0.164. The minimum atomic E-state index is -0.683. The number of hydrogen-bond donors (Lipinski definition) is 2. The van der Waals surface area contributed by atoms with Gasteiger partial charge in [0, 0.05) is 26.2 Å². The van der Waals surface area contributed by atoms with E-state index in [1.54, 1.807) is 0 Å². The average molecular weight is 275 g/mol. The Morgan fingerprint density at radius 1 is 1.30 bits per heavy atom. The van der Waals surface area contributed by atoms with Crippen molar-refractivity contribution < 1.29 is 4.79 Å². The molecule has 20 heavy (non-hydrogen) atoms. The Labute approximate surface area is 121 Å². The molecule has 1 aromatic carbocycles. The van der Waals surface area contributed by atoms with Crippen LogP contribution in [-0.2, 0) is 10.3 Å². The predicted molar refractivity (Wildman–Crippen MR) is 81.2 cm³/mol. The quantitative estimate of drug-likeness (QED) is 0.852. The molecule has 0 saturated carbocycles. The van der Waals surface area contributed by atoms with Crippen LogP contribution >= 0.6 is 0 Å². The molecule has 1 fully saturated rings. The highest BCUT2D eigenvalue weighted by molar-refractivity contribution is 5.86. The molecule has 1 saturated heterocycles. The SMILES string of the molecule is CC(C)CC(C(N)=O)(c1ccccc1)N1CCNCC1. The molecule has 1 atom stereocenters. The molecule has 1 unspecified atom stereocenters. The van der Waals surface area contributed by atoms with Crippen LogP contribution < -0.4 is 11.1 Å². The number of rotatable bonds is 5. The van der Waals surface area contributed by atoms with Gasteiger partial charge < -0.3 is 11.1 Å². The minimum Gasteiger partial charge on any atom is -0.368 e. The van der Waals surface area contributed by atoms with E-state index in [1.807, 2.05) is 30.3 Å². The van der Waals surface area contributed by atoms with Gasteiger partial charge in [-0.05, 0) is 17.9 Å². The van der Waals surface area contributed by atoms with Crippen LogP contribution in [0.15, 0.2) is 30.3 Å². The third-order valence-corrected chi connectivity index (χ3v) is 4.02. The van der Waals surface area contributed by atoms with Gasteiger partial charge in [-0.25, -0.2) is 0 Å². The van der Waals surface area contributed by atoms with E-state index in [0.717, 1.165) is 38.2 Å². The summed E-state index contributed by atoms with van der Waals surface area (Å²) in [6, 6.07) is 9.98. The van der Waals surface area contributed by atoms with Crippen LogP contribution in [0.3, 0.4) is 0 Å². The molecule has 1 heterocycles. The maximum atomic E-state index is 12.4. The van der Waals surface area contributed by atoms with Crippen molar-refractivity contribution >= 4 is 5.91 Å². The van der Waals surface area contributed by atoms with Gasteiger partial charge in [-0.1, -0.05) is 44.2 Å². The Hall–Kier alpha value is -1.39. The first-order valence-corrected chi connectivity index (χ1v) is 7.38. The number of piperazine rings is 1. The summed E-state index contributed by atoms with van der Waals surface area (Å²) in [5.41, 5.74) is 6.22. The van der Waals surface area contributed by atoms with Crippen molar-refractivity contribution in [2.24, 2.45) is 11.7 Å². The first kappa shape index (κ1) is 15.0. The summed E-state index contributed by atoms with van der Waals surface area (Å²) >= 11 is 0. The fourth-order valence-corrected chi connectivity index (χ4v) is 3.18. The van der Waals surface area contributed by atoms with Crippen LogP contribution in [-0.4, -0.2) is 37.0 Å². The number of primary amides is 1. The average Bonchev–Trinajstić information content (AvgIpc) is 2.46. The molecule has 0 aromatic heterocycles. The number of nitrogens with two attached hydrogens (primary N) is 1. The third kappa shape index (κ3) is 2.86. The summed E-state index contributed by atoms with van der Waals surface area (Å²) in [6.45, 7) is 7.79. The Morgan fingerprint density at radius 3 is 2.40 bits per heavy atom. The monoisotopic (exact) mass is 275 g/mol. The zero-order valence-corrected chi connectivity index (χ0v) is 12.4. The van der Waals surface area contributed by atoms with E-state index in [-0.39, 0.29) is 5.91 Å². The predicted octanol–water partition coefficient (Wildman–Crippen LogP) is 1.32. The summed E-state index contributed by atoms with van der Waals surface area (Å²) in [6.07, 6.45) is 0.756. The zero-order valence-electron chi connectivity index (χ0n) is 12.4. The van der Waals surface area contributed by atoms with Crippen molar-refractivity contribution in [2.75, 3.05) is 26.2 Å². The number of nitrogens with zero attached hydrogens (tertiary/aromatic N) is 1.